The van der Waals surface area contributed by atoms with Gasteiger partial charge in [0.05, 0.1) is 7.11 Å². The third kappa shape index (κ3) is 3.50. The van der Waals surface area contributed by atoms with Crippen LogP contribution >= 0.6 is 11.8 Å². The molecule has 2 atom stereocenters. The minimum absolute atomic E-state index is 0.127. The third-order valence-corrected chi connectivity index (χ3v) is 3.32. The Morgan fingerprint density at radius 2 is 2.00 bits per heavy atom. The van der Waals surface area contributed by atoms with Crippen molar-refractivity contribution >= 4 is 17.7 Å². The molecule has 0 saturated carbocycles. The molecule has 0 aliphatic rings. The number of carbonyl (C=O) groups excluding carboxylic acids is 1. The van der Waals surface area contributed by atoms with Crippen LogP contribution in [0, 0.1) is 5.82 Å². The van der Waals surface area contributed by atoms with Crippen molar-refractivity contribution in [1.29, 1.82) is 0 Å². The Bertz CT molecular complexity index is 356. The van der Waals surface area contributed by atoms with Gasteiger partial charge >= 0.3 is 5.97 Å². The number of hydrogen-bond donors (Lipinski definition) is 1. The fourth-order valence-electron chi connectivity index (χ4n) is 1.13. The van der Waals surface area contributed by atoms with E-state index in [1.165, 1.54) is 31.0 Å². The number of halogens is 1. The van der Waals surface area contributed by atoms with Gasteiger partial charge in [-0.05, 0) is 24.3 Å². The lowest BCUT2D eigenvalue weighted by Gasteiger charge is -2.16. The van der Waals surface area contributed by atoms with Crippen LogP contribution in [0.25, 0.3) is 0 Å². The molecule has 5 heteroatoms. The number of thioether (sulfide) groups is 1. The van der Waals surface area contributed by atoms with E-state index < -0.39 is 12.0 Å². The molecule has 1 aromatic rings. The van der Waals surface area contributed by atoms with Gasteiger partial charge in [0, 0.05) is 10.1 Å². The lowest BCUT2D eigenvalue weighted by atomic mass is 10.2. The molecule has 0 saturated heterocycles. The van der Waals surface area contributed by atoms with Crippen molar-refractivity contribution < 1.29 is 13.9 Å². The zero-order valence-corrected chi connectivity index (χ0v) is 9.96. The normalized spacial score (nSPS) is 14.2. The second kappa shape index (κ2) is 5.86. The molecule has 0 amide bonds. The van der Waals surface area contributed by atoms with Gasteiger partial charge in [0.1, 0.15) is 11.9 Å². The van der Waals surface area contributed by atoms with Gasteiger partial charge < -0.3 is 10.5 Å². The van der Waals surface area contributed by atoms with E-state index in [2.05, 4.69) is 4.74 Å². The van der Waals surface area contributed by atoms with Crippen LogP contribution < -0.4 is 5.73 Å². The van der Waals surface area contributed by atoms with Crippen LogP contribution in [0.2, 0.25) is 0 Å². The summed E-state index contributed by atoms with van der Waals surface area (Å²) in [4.78, 5) is 12.0. The molecule has 0 radical (unpaired) electrons. The van der Waals surface area contributed by atoms with Crippen LogP contribution in [0.5, 0.6) is 0 Å². The minimum Gasteiger partial charge on any atom is -0.468 e. The molecular weight excluding hydrogens is 229 g/mol. The van der Waals surface area contributed by atoms with E-state index in [0.29, 0.717) is 0 Å². The first-order valence-corrected chi connectivity index (χ1v) is 5.68. The van der Waals surface area contributed by atoms with Gasteiger partial charge in [0.15, 0.2) is 0 Å². The summed E-state index contributed by atoms with van der Waals surface area (Å²) in [7, 11) is 1.30. The fraction of sp³-hybridized carbons (Fsp3) is 0.364. The maximum Gasteiger partial charge on any atom is 0.323 e. The van der Waals surface area contributed by atoms with E-state index in [1.54, 1.807) is 12.1 Å². The molecule has 0 aliphatic heterocycles. The number of methoxy groups -OCH3 is 1. The predicted octanol–water partition coefficient (Wildman–Crippen LogP) is 1.81. The first-order chi connectivity index (χ1) is 7.54. The van der Waals surface area contributed by atoms with Crippen LogP contribution in [0.3, 0.4) is 0 Å². The number of benzene rings is 1. The Balaban J connectivity index is 2.60. The Labute approximate surface area is 98.2 Å². The smallest absolute Gasteiger partial charge is 0.323 e. The van der Waals surface area contributed by atoms with Gasteiger partial charge in [0.2, 0.25) is 0 Å². The standard InChI is InChI=1S/C11H14FNO2S/c1-7(10(13)11(14)15-2)16-9-5-3-8(12)4-6-9/h3-7,10H,13H2,1-2H3/t7-,10+/m1/s1. The number of rotatable bonds is 4. The number of ether oxygens (including phenoxy) is 1. The van der Waals surface area contributed by atoms with Gasteiger partial charge in [-0.1, -0.05) is 6.92 Å². The number of hydrogen-bond acceptors (Lipinski definition) is 4. The summed E-state index contributed by atoms with van der Waals surface area (Å²) in [5, 5.41) is -0.127. The molecule has 0 heterocycles. The first kappa shape index (κ1) is 13.0. The zero-order chi connectivity index (χ0) is 12.1. The number of nitrogens with two attached hydrogens (primary N) is 1. The van der Waals surface area contributed by atoms with Crippen molar-refractivity contribution in [2.24, 2.45) is 5.73 Å². The summed E-state index contributed by atoms with van der Waals surface area (Å²) >= 11 is 1.41. The summed E-state index contributed by atoms with van der Waals surface area (Å²) in [5.74, 6) is -0.726. The van der Waals surface area contributed by atoms with E-state index in [4.69, 9.17) is 5.73 Å². The molecule has 1 aromatic carbocycles. The molecule has 0 bridgehead atoms. The van der Waals surface area contributed by atoms with E-state index >= 15 is 0 Å². The zero-order valence-electron chi connectivity index (χ0n) is 9.14. The highest BCUT2D eigenvalue weighted by Gasteiger charge is 2.22. The van der Waals surface area contributed by atoms with Crippen LogP contribution in [0.15, 0.2) is 29.2 Å². The molecule has 1 rings (SSSR count). The van der Waals surface area contributed by atoms with Gasteiger partial charge in [-0.15, -0.1) is 11.8 Å². The van der Waals surface area contributed by atoms with Crippen molar-refractivity contribution in [3.05, 3.63) is 30.1 Å². The van der Waals surface area contributed by atoms with Gasteiger partial charge in [-0.3, -0.25) is 4.79 Å². The highest BCUT2D eigenvalue weighted by Crippen LogP contribution is 2.24. The molecule has 88 valence electrons. The van der Waals surface area contributed by atoms with Crippen LogP contribution in [0.4, 0.5) is 4.39 Å². The Morgan fingerprint density at radius 1 is 1.44 bits per heavy atom. The van der Waals surface area contributed by atoms with E-state index in [9.17, 15) is 9.18 Å². The van der Waals surface area contributed by atoms with Crippen molar-refractivity contribution in [3.63, 3.8) is 0 Å². The van der Waals surface area contributed by atoms with Crippen molar-refractivity contribution in [2.45, 2.75) is 23.1 Å². The van der Waals surface area contributed by atoms with Crippen LogP contribution in [-0.4, -0.2) is 24.4 Å². The van der Waals surface area contributed by atoms with Crippen molar-refractivity contribution in [1.82, 2.24) is 0 Å². The lowest BCUT2D eigenvalue weighted by molar-refractivity contribution is -0.142. The van der Waals surface area contributed by atoms with E-state index in [0.717, 1.165) is 4.90 Å². The minimum atomic E-state index is -0.681. The molecule has 0 unspecified atom stereocenters. The molecule has 0 aromatic heterocycles. The Morgan fingerprint density at radius 3 is 2.50 bits per heavy atom. The van der Waals surface area contributed by atoms with E-state index in [-0.39, 0.29) is 11.1 Å². The van der Waals surface area contributed by atoms with Crippen molar-refractivity contribution in [3.8, 4) is 0 Å². The molecule has 0 spiro atoms. The van der Waals surface area contributed by atoms with Crippen molar-refractivity contribution in [2.75, 3.05) is 7.11 Å². The molecule has 0 fully saturated rings. The van der Waals surface area contributed by atoms with Gasteiger partial charge in [-0.2, -0.15) is 0 Å². The average Bonchev–Trinajstić information content (AvgIpc) is 2.30. The summed E-state index contributed by atoms with van der Waals surface area (Å²) in [6, 6.07) is 5.37. The molecule has 2 N–H and O–H groups in total. The van der Waals surface area contributed by atoms with Crippen LogP contribution in [0.1, 0.15) is 6.92 Å². The second-order valence-electron chi connectivity index (χ2n) is 3.33. The lowest BCUT2D eigenvalue weighted by Crippen LogP contribution is -2.39. The highest BCUT2D eigenvalue weighted by atomic mass is 32.2. The summed E-state index contributed by atoms with van der Waals surface area (Å²) in [6.07, 6.45) is 0. The Kier molecular flexibility index (Phi) is 4.76. The van der Waals surface area contributed by atoms with Crippen LogP contribution in [-0.2, 0) is 9.53 Å². The van der Waals surface area contributed by atoms with E-state index in [1.807, 2.05) is 6.92 Å². The molecule has 16 heavy (non-hydrogen) atoms. The fourth-order valence-corrected chi connectivity index (χ4v) is 2.11. The largest absolute Gasteiger partial charge is 0.468 e. The first-order valence-electron chi connectivity index (χ1n) is 4.80. The average molecular weight is 243 g/mol. The Hall–Kier alpha value is -1.07. The number of carbonyl (C=O) groups is 1. The monoisotopic (exact) mass is 243 g/mol. The second-order valence-corrected chi connectivity index (χ2v) is 4.78. The quantitative estimate of drug-likeness (QED) is 0.647. The molecule has 0 aliphatic carbocycles. The maximum absolute atomic E-state index is 12.7. The maximum atomic E-state index is 12.7. The summed E-state index contributed by atoms with van der Waals surface area (Å²) < 4.78 is 17.2. The topological polar surface area (TPSA) is 52.3 Å². The SMILES string of the molecule is COC(=O)[C@@H](N)[C@@H](C)Sc1ccc(F)cc1. The van der Waals surface area contributed by atoms with Gasteiger partial charge in [0.25, 0.3) is 0 Å². The third-order valence-electron chi connectivity index (χ3n) is 2.11. The summed E-state index contributed by atoms with van der Waals surface area (Å²) in [6.45, 7) is 1.83. The summed E-state index contributed by atoms with van der Waals surface area (Å²) in [5.41, 5.74) is 5.68. The molecular formula is C11H14FNO2S. The molecule has 3 nitrogen and oxygen atoms in total. The predicted molar refractivity (Wildman–Crippen MR) is 61.7 cm³/mol. The highest BCUT2D eigenvalue weighted by molar-refractivity contribution is 8.00. The van der Waals surface area contributed by atoms with Gasteiger partial charge in [-0.25, -0.2) is 4.39 Å². The number of esters is 1.